The van der Waals surface area contributed by atoms with Gasteiger partial charge in [-0.3, -0.25) is 4.98 Å². The molecule has 22 heavy (non-hydrogen) atoms. The fourth-order valence-corrected chi connectivity index (χ4v) is 9.94. The summed E-state index contributed by atoms with van der Waals surface area (Å²) < 4.78 is 13.1. The van der Waals surface area contributed by atoms with E-state index in [0.29, 0.717) is 0 Å². The standard InChI is InChI=1S/C19H22FNSi/c20-17-8-6-15(7-9-17)18-13-16-5-4-12-22(19(16)14-21-18)10-2-1-3-11-22/h6-9,13-14H,1-5,10-12H2. The second kappa shape index (κ2) is 5.62. The number of rotatable bonds is 1. The highest BCUT2D eigenvalue weighted by molar-refractivity contribution is 6.92. The lowest BCUT2D eigenvalue weighted by molar-refractivity contribution is 0.628. The summed E-state index contributed by atoms with van der Waals surface area (Å²) in [6, 6.07) is 13.4. The number of pyridine rings is 1. The molecule has 1 saturated heterocycles. The molecule has 114 valence electrons. The molecule has 0 bridgehead atoms. The van der Waals surface area contributed by atoms with Gasteiger partial charge in [0.05, 0.1) is 13.8 Å². The summed E-state index contributed by atoms with van der Waals surface area (Å²) in [4.78, 5) is 4.75. The zero-order valence-corrected chi connectivity index (χ0v) is 13.9. The molecule has 0 unspecified atom stereocenters. The fourth-order valence-electron chi connectivity index (χ4n) is 4.46. The van der Waals surface area contributed by atoms with E-state index in [-0.39, 0.29) is 5.82 Å². The van der Waals surface area contributed by atoms with Gasteiger partial charge in [-0.2, -0.15) is 0 Å². The van der Waals surface area contributed by atoms with Gasteiger partial charge < -0.3 is 0 Å². The predicted molar refractivity (Wildman–Crippen MR) is 91.6 cm³/mol. The molecule has 3 heterocycles. The van der Waals surface area contributed by atoms with Crippen LogP contribution in [-0.4, -0.2) is 13.1 Å². The predicted octanol–water partition coefficient (Wildman–Crippen LogP) is 4.67. The first kappa shape index (κ1) is 14.1. The second-order valence-electron chi connectivity index (χ2n) is 6.93. The minimum Gasteiger partial charge on any atom is -0.256 e. The van der Waals surface area contributed by atoms with Gasteiger partial charge in [0.15, 0.2) is 0 Å². The molecule has 1 fully saturated rings. The first-order valence-corrected chi connectivity index (χ1v) is 11.1. The Balaban J connectivity index is 1.73. The molecule has 0 radical (unpaired) electrons. The van der Waals surface area contributed by atoms with Crippen molar-refractivity contribution < 1.29 is 4.39 Å². The quantitative estimate of drug-likeness (QED) is 0.697. The summed E-state index contributed by atoms with van der Waals surface area (Å²) in [7, 11) is -1.25. The van der Waals surface area contributed by atoms with Crippen LogP contribution in [0.3, 0.4) is 0 Å². The first-order valence-electron chi connectivity index (χ1n) is 8.52. The van der Waals surface area contributed by atoms with Crippen molar-refractivity contribution in [3.05, 3.63) is 47.9 Å². The van der Waals surface area contributed by atoms with Crippen molar-refractivity contribution in [1.82, 2.24) is 4.98 Å². The van der Waals surface area contributed by atoms with Crippen LogP contribution >= 0.6 is 0 Å². The van der Waals surface area contributed by atoms with E-state index in [1.165, 1.54) is 67.9 Å². The first-order chi connectivity index (χ1) is 10.8. The van der Waals surface area contributed by atoms with E-state index in [2.05, 4.69) is 12.3 Å². The van der Waals surface area contributed by atoms with Crippen LogP contribution in [0.1, 0.15) is 31.2 Å². The summed E-state index contributed by atoms with van der Waals surface area (Å²) in [5.74, 6) is -0.185. The number of nitrogens with zero attached hydrogens (tertiary/aromatic N) is 1. The average Bonchev–Trinajstić information content (AvgIpc) is 2.56. The van der Waals surface area contributed by atoms with E-state index < -0.39 is 8.07 Å². The number of halogens is 1. The Kier molecular flexibility index (Phi) is 3.61. The van der Waals surface area contributed by atoms with E-state index in [1.54, 1.807) is 5.19 Å². The van der Waals surface area contributed by atoms with Crippen molar-refractivity contribution in [2.45, 2.75) is 50.2 Å². The Morgan fingerprint density at radius 1 is 0.909 bits per heavy atom. The summed E-state index contributed by atoms with van der Waals surface area (Å²) in [5, 5.41) is 1.64. The molecule has 0 atom stereocenters. The highest BCUT2D eigenvalue weighted by Crippen LogP contribution is 2.36. The Morgan fingerprint density at radius 2 is 1.64 bits per heavy atom. The molecular formula is C19H22FNSi. The van der Waals surface area contributed by atoms with Gasteiger partial charge in [-0.15, -0.1) is 0 Å². The average molecular weight is 311 g/mol. The van der Waals surface area contributed by atoms with E-state index in [9.17, 15) is 4.39 Å². The lowest BCUT2D eigenvalue weighted by atomic mass is 10.1. The summed E-state index contributed by atoms with van der Waals surface area (Å²) in [6.45, 7) is 0. The van der Waals surface area contributed by atoms with Crippen molar-refractivity contribution in [3.63, 3.8) is 0 Å². The number of aryl methyl sites for hydroxylation is 1. The van der Waals surface area contributed by atoms with Crippen LogP contribution in [0.25, 0.3) is 11.3 Å². The zero-order chi connectivity index (χ0) is 15.0. The van der Waals surface area contributed by atoms with Gasteiger partial charge in [0.25, 0.3) is 0 Å². The van der Waals surface area contributed by atoms with Crippen molar-refractivity contribution in [3.8, 4) is 11.3 Å². The highest BCUT2D eigenvalue weighted by Gasteiger charge is 2.39. The van der Waals surface area contributed by atoms with Crippen LogP contribution in [0.4, 0.5) is 4.39 Å². The Hall–Kier alpha value is -1.48. The molecule has 2 aliphatic heterocycles. The smallest absolute Gasteiger partial charge is 0.123 e. The van der Waals surface area contributed by atoms with Gasteiger partial charge in [-0.05, 0) is 47.5 Å². The largest absolute Gasteiger partial charge is 0.256 e. The minimum absolute atomic E-state index is 0.185. The lowest BCUT2D eigenvalue weighted by Crippen LogP contribution is -2.52. The maximum atomic E-state index is 13.1. The van der Waals surface area contributed by atoms with Crippen molar-refractivity contribution >= 4 is 13.3 Å². The lowest BCUT2D eigenvalue weighted by Gasteiger charge is -2.40. The van der Waals surface area contributed by atoms with E-state index in [4.69, 9.17) is 4.98 Å². The van der Waals surface area contributed by atoms with Crippen molar-refractivity contribution in [1.29, 1.82) is 0 Å². The van der Waals surface area contributed by atoms with Crippen LogP contribution in [0.15, 0.2) is 36.5 Å². The van der Waals surface area contributed by atoms with E-state index >= 15 is 0 Å². The van der Waals surface area contributed by atoms with E-state index in [0.717, 1.165) is 11.3 Å². The van der Waals surface area contributed by atoms with Crippen LogP contribution in [0, 0.1) is 5.82 Å². The Morgan fingerprint density at radius 3 is 2.41 bits per heavy atom. The topological polar surface area (TPSA) is 12.9 Å². The molecule has 1 aromatic heterocycles. The van der Waals surface area contributed by atoms with Gasteiger partial charge in [-0.1, -0.05) is 43.8 Å². The zero-order valence-electron chi connectivity index (χ0n) is 12.9. The molecule has 0 saturated carbocycles. The van der Waals surface area contributed by atoms with Gasteiger partial charge in [0, 0.05) is 11.8 Å². The summed E-state index contributed by atoms with van der Waals surface area (Å²) in [5.41, 5.74) is 3.56. The number of hydrogen-bond donors (Lipinski definition) is 0. The van der Waals surface area contributed by atoms with Gasteiger partial charge >= 0.3 is 0 Å². The van der Waals surface area contributed by atoms with Gasteiger partial charge in [-0.25, -0.2) is 4.39 Å². The molecule has 0 aliphatic carbocycles. The number of hydrogen-bond acceptors (Lipinski definition) is 1. The van der Waals surface area contributed by atoms with Gasteiger partial charge in [0.2, 0.25) is 0 Å². The number of fused-ring (bicyclic) bond motifs is 2. The van der Waals surface area contributed by atoms with Crippen molar-refractivity contribution in [2.75, 3.05) is 0 Å². The third kappa shape index (κ3) is 2.41. The molecule has 0 N–H and O–H groups in total. The molecule has 1 nitrogen and oxygen atoms in total. The molecule has 2 aliphatic rings. The molecular weight excluding hydrogens is 289 g/mol. The van der Waals surface area contributed by atoms with Crippen molar-refractivity contribution in [2.24, 2.45) is 0 Å². The fraction of sp³-hybridized carbons (Fsp3) is 0.421. The third-order valence-electron chi connectivity index (χ3n) is 5.61. The maximum absolute atomic E-state index is 13.1. The van der Waals surface area contributed by atoms with Gasteiger partial charge in [0.1, 0.15) is 5.82 Å². The van der Waals surface area contributed by atoms with Crippen LogP contribution in [0.2, 0.25) is 18.1 Å². The molecule has 4 rings (SSSR count). The molecule has 2 aromatic rings. The maximum Gasteiger partial charge on any atom is 0.123 e. The third-order valence-corrected chi connectivity index (χ3v) is 11.1. The highest BCUT2D eigenvalue weighted by atomic mass is 28.3. The minimum atomic E-state index is -1.25. The Labute approximate surface area is 132 Å². The summed E-state index contributed by atoms with van der Waals surface area (Å²) >= 11 is 0. The van der Waals surface area contributed by atoms with E-state index in [1.807, 2.05) is 12.1 Å². The number of benzene rings is 1. The molecule has 0 amide bonds. The SMILES string of the molecule is Fc1ccc(-c2cc3c(cn2)[Si]2(CCCCC2)CCC3)cc1. The summed E-state index contributed by atoms with van der Waals surface area (Å²) in [6.07, 6.45) is 9.00. The molecule has 1 aromatic carbocycles. The monoisotopic (exact) mass is 311 g/mol. The van der Waals surface area contributed by atoms with Crippen LogP contribution in [0.5, 0.6) is 0 Å². The molecule has 1 spiro atoms. The van der Waals surface area contributed by atoms with Crippen LogP contribution < -0.4 is 5.19 Å². The van der Waals surface area contributed by atoms with Crippen LogP contribution in [-0.2, 0) is 6.42 Å². The number of aromatic nitrogens is 1. The Bertz CT molecular complexity index is 674. The second-order valence-corrected chi connectivity index (χ2v) is 11.5. The molecule has 3 heteroatoms. The normalized spacial score (nSPS) is 19.9.